The van der Waals surface area contributed by atoms with Crippen molar-refractivity contribution in [3.8, 4) is 11.8 Å². The highest BCUT2D eigenvalue weighted by atomic mass is 32.1. The summed E-state index contributed by atoms with van der Waals surface area (Å²) in [4.78, 5) is 16.2. The topological polar surface area (TPSA) is 87.0 Å². The summed E-state index contributed by atoms with van der Waals surface area (Å²) in [7, 11) is 1.47. The van der Waals surface area contributed by atoms with Gasteiger partial charge in [-0.05, 0) is 25.1 Å². The molecule has 0 saturated heterocycles. The number of thiazole rings is 1. The number of nitriles is 1. The summed E-state index contributed by atoms with van der Waals surface area (Å²) in [6, 6.07) is 6.33. The second-order valence-corrected chi connectivity index (χ2v) is 6.32. The second kappa shape index (κ2) is 5.63. The van der Waals surface area contributed by atoms with Crippen molar-refractivity contribution in [2.45, 2.75) is 18.6 Å². The highest BCUT2D eigenvalue weighted by Crippen LogP contribution is 2.44. The number of ether oxygens (including phenoxy) is 1. The molecular weight excluding hydrogens is 357 g/mol. The average molecular weight is 368 g/mol. The Balaban J connectivity index is 2.12. The first-order valence-electron chi connectivity index (χ1n) is 6.95. The third-order valence-corrected chi connectivity index (χ3v) is 4.75. The molecule has 6 nitrogen and oxygen atoms in total. The lowest BCUT2D eigenvalue weighted by molar-refractivity contribution is -0.174. The van der Waals surface area contributed by atoms with Crippen LogP contribution in [0.5, 0.6) is 5.75 Å². The number of benzene rings is 1. The second-order valence-electron chi connectivity index (χ2n) is 5.29. The van der Waals surface area contributed by atoms with Crippen LogP contribution in [-0.2, 0) is 4.79 Å². The van der Waals surface area contributed by atoms with Gasteiger partial charge in [-0.25, -0.2) is 4.98 Å². The number of halogens is 3. The third kappa shape index (κ3) is 2.47. The summed E-state index contributed by atoms with van der Waals surface area (Å²) < 4.78 is 47.0. The lowest BCUT2D eigenvalue weighted by atomic mass is 9.90. The number of anilines is 1. The molecule has 0 aliphatic carbocycles. The Hall–Kier alpha value is -2.80. The van der Waals surface area contributed by atoms with Crippen LogP contribution in [0.15, 0.2) is 29.5 Å². The van der Waals surface area contributed by atoms with Crippen LogP contribution in [0.25, 0.3) is 10.2 Å². The summed E-state index contributed by atoms with van der Waals surface area (Å²) in [6.45, 7) is 1.24. The Bertz CT molecular complexity index is 944. The van der Waals surface area contributed by atoms with Gasteiger partial charge >= 0.3 is 6.18 Å². The van der Waals surface area contributed by atoms with Crippen molar-refractivity contribution in [3.05, 3.63) is 29.5 Å². The zero-order valence-corrected chi connectivity index (χ0v) is 13.8. The van der Waals surface area contributed by atoms with Crippen LogP contribution in [0.3, 0.4) is 0 Å². The summed E-state index contributed by atoms with van der Waals surface area (Å²) in [5.41, 5.74) is -3.57. The van der Waals surface area contributed by atoms with Gasteiger partial charge in [0.15, 0.2) is 5.13 Å². The number of alkyl halides is 3. The highest BCUT2D eigenvalue weighted by Gasteiger charge is 2.67. The number of fused-ring (bicyclic) bond motifs is 1. The molecule has 1 unspecified atom stereocenters. The quantitative estimate of drug-likeness (QED) is 0.870. The van der Waals surface area contributed by atoms with E-state index >= 15 is 0 Å². The summed E-state index contributed by atoms with van der Waals surface area (Å²) in [6.07, 6.45) is -5.03. The monoisotopic (exact) mass is 368 g/mol. The lowest BCUT2D eigenvalue weighted by Crippen LogP contribution is -2.59. The van der Waals surface area contributed by atoms with E-state index < -0.39 is 23.2 Å². The molecule has 1 aliphatic rings. The van der Waals surface area contributed by atoms with E-state index in [1.165, 1.54) is 20.1 Å². The van der Waals surface area contributed by atoms with Crippen molar-refractivity contribution < 1.29 is 22.7 Å². The smallest absolute Gasteiger partial charge is 0.425 e. The Labute approximate surface area is 143 Å². The number of hydrogen-bond acceptors (Lipinski definition) is 6. The zero-order valence-electron chi connectivity index (χ0n) is 13.0. The number of amides is 1. The first-order chi connectivity index (χ1) is 11.7. The van der Waals surface area contributed by atoms with Crippen molar-refractivity contribution in [2.75, 3.05) is 12.4 Å². The molecule has 10 heteroatoms. The molecule has 0 spiro atoms. The van der Waals surface area contributed by atoms with Gasteiger partial charge in [0, 0.05) is 5.70 Å². The largest absolute Gasteiger partial charge is 0.497 e. The lowest BCUT2D eigenvalue weighted by Gasteiger charge is -2.30. The maximum Gasteiger partial charge on any atom is 0.425 e. The van der Waals surface area contributed by atoms with Gasteiger partial charge in [0.25, 0.3) is 11.4 Å². The number of carbonyl (C=O) groups is 1. The molecular formula is C15H11F3N4O2S. The summed E-state index contributed by atoms with van der Waals surface area (Å²) >= 11 is 0.930. The van der Waals surface area contributed by atoms with E-state index in [1.54, 1.807) is 18.2 Å². The number of aromatic nitrogens is 1. The number of carbonyl (C=O) groups excluding carboxylic acids is 1. The van der Waals surface area contributed by atoms with Gasteiger partial charge in [-0.1, -0.05) is 11.3 Å². The van der Waals surface area contributed by atoms with Crippen LogP contribution >= 0.6 is 11.3 Å². The van der Waals surface area contributed by atoms with E-state index in [9.17, 15) is 18.0 Å². The fourth-order valence-electron chi connectivity index (χ4n) is 2.60. The van der Waals surface area contributed by atoms with Crippen LogP contribution < -0.4 is 15.4 Å². The molecule has 2 heterocycles. The number of rotatable bonds is 3. The van der Waals surface area contributed by atoms with Crippen LogP contribution in [0, 0.1) is 11.3 Å². The van der Waals surface area contributed by atoms with Gasteiger partial charge < -0.3 is 15.4 Å². The van der Waals surface area contributed by atoms with Crippen molar-refractivity contribution in [1.29, 1.82) is 5.26 Å². The van der Waals surface area contributed by atoms with Crippen molar-refractivity contribution >= 4 is 32.6 Å². The molecule has 0 fully saturated rings. The molecule has 1 atom stereocenters. The van der Waals surface area contributed by atoms with Crippen LogP contribution in [0.2, 0.25) is 0 Å². The Morgan fingerprint density at radius 2 is 2.16 bits per heavy atom. The minimum absolute atomic E-state index is 0.127. The number of methoxy groups -OCH3 is 1. The summed E-state index contributed by atoms with van der Waals surface area (Å²) in [5, 5.41) is 13.3. The molecule has 1 aromatic heterocycles. The molecule has 1 amide bonds. The number of hydrogen-bond donors (Lipinski definition) is 2. The third-order valence-electron chi connectivity index (χ3n) is 3.82. The van der Waals surface area contributed by atoms with Crippen molar-refractivity contribution in [3.63, 3.8) is 0 Å². The van der Waals surface area contributed by atoms with Crippen LogP contribution in [-0.4, -0.2) is 29.7 Å². The van der Waals surface area contributed by atoms with Crippen LogP contribution in [0.4, 0.5) is 18.3 Å². The molecule has 1 aromatic carbocycles. The Morgan fingerprint density at radius 1 is 1.44 bits per heavy atom. The zero-order chi connectivity index (χ0) is 18.4. The molecule has 25 heavy (non-hydrogen) atoms. The summed E-state index contributed by atoms with van der Waals surface area (Å²) in [5.74, 6) is -0.828. The van der Waals surface area contributed by atoms with Gasteiger partial charge in [0.05, 0.1) is 29.0 Å². The van der Waals surface area contributed by atoms with Gasteiger partial charge in [0.2, 0.25) is 0 Å². The van der Waals surface area contributed by atoms with E-state index in [1.807, 2.05) is 0 Å². The van der Waals surface area contributed by atoms with Gasteiger partial charge in [0.1, 0.15) is 5.75 Å². The number of allylic oxidation sites excluding steroid dienone is 1. The molecule has 2 aromatic rings. The molecule has 130 valence electrons. The number of nitrogens with zero attached hydrogens (tertiary/aromatic N) is 2. The minimum atomic E-state index is -5.03. The highest BCUT2D eigenvalue weighted by molar-refractivity contribution is 7.22. The van der Waals surface area contributed by atoms with Gasteiger partial charge in [-0.2, -0.15) is 18.4 Å². The van der Waals surface area contributed by atoms with Crippen molar-refractivity contribution in [2.24, 2.45) is 0 Å². The van der Waals surface area contributed by atoms with E-state index in [0.717, 1.165) is 11.3 Å². The molecule has 1 aliphatic heterocycles. The average Bonchev–Trinajstić information content (AvgIpc) is 3.04. The first-order valence-corrected chi connectivity index (χ1v) is 7.77. The van der Waals surface area contributed by atoms with E-state index in [-0.39, 0.29) is 10.8 Å². The normalized spacial score (nSPS) is 20.6. The Kier molecular flexibility index (Phi) is 3.84. The molecule has 2 N–H and O–H groups in total. The minimum Gasteiger partial charge on any atom is -0.497 e. The van der Waals surface area contributed by atoms with E-state index in [4.69, 9.17) is 10.00 Å². The first kappa shape index (κ1) is 17.0. The predicted molar refractivity (Wildman–Crippen MR) is 85.0 cm³/mol. The maximum absolute atomic E-state index is 13.8. The molecule has 0 bridgehead atoms. The molecule has 0 saturated carbocycles. The number of nitrogens with one attached hydrogen (secondary N) is 2. The van der Waals surface area contributed by atoms with E-state index in [2.05, 4.69) is 15.6 Å². The van der Waals surface area contributed by atoms with Crippen LogP contribution in [0.1, 0.15) is 6.92 Å². The molecule has 0 radical (unpaired) electrons. The fourth-order valence-corrected chi connectivity index (χ4v) is 3.55. The molecule has 3 rings (SSSR count). The standard InChI is InChI=1S/C15H11F3N4O2S/c1-7-9(6-19)14(12(23)20-7,15(16,17)18)22-13-21-10-4-3-8(24-2)5-11(10)25-13/h3-5H,1-2H3,(H,20,23)(H,21,22). The maximum atomic E-state index is 13.8. The van der Waals surface area contributed by atoms with E-state index in [0.29, 0.717) is 16.0 Å². The van der Waals surface area contributed by atoms with Gasteiger partial charge in [-0.15, -0.1) is 0 Å². The van der Waals surface area contributed by atoms with Crippen molar-refractivity contribution in [1.82, 2.24) is 10.3 Å². The fraction of sp³-hybridized carbons (Fsp3) is 0.267. The Morgan fingerprint density at radius 3 is 2.76 bits per heavy atom. The van der Waals surface area contributed by atoms with Gasteiger partial charge in [-0.3, -0.25) is 4.79 Å². The SMILES string of the molecule is COc1ccc2nc(NC3(C(F)(F)F)C(=O)NC(C)=C3C#N)sc2c1. The predicted octanol–water partition coefficient (Wildman–Crippen LogP) is 2.95.